The Morgan fingerprint density at radius 1 is 1.29 bits per heavy atom. The van der Waals surface area contributed by atoms with Gasteiger partial charge in [0.05, 0.1) is 5.70 Å². The Bertz CT molecular complexity index is 329. The largest absolute Gasteiger partial charge is 0.389 e. The average molecular weight is 252 g/mol. The van der Waals surface area contributed by atoms with Gasteiger partial charge in [0.2, 0.25) is 0 Å². The molecule has 0 bridgehead atoms. The zero-order valence-corrected chi connectivity index (χ0v) is 10.9. The smallest absolute Gasteiger partial charge is 0.166 e. The lowest BCUT2D eigenvalue weighted by Crippen LogP contribution is -2.49. The fraction of sp³-hybridized carbons (Fsp3) is 0.583. The number of nitrogens with two attached hydrogens (primary N) is 1. The van der Waals surface area contributed by atoms with Gasteiger partial charge in [0.1, 0.15) is 0 Å². The highest BCUT2D eigenvalue weighted by atomic mass is 32.1. The minimum absolute atomic E-state index is 0.518. The number of rotatable bonds is 1. The maximum Gasteiger partial charge on any atom is 0.166 e. The molecule has 2 aliphatic heterocycles. The third-order valence-electron chi connectivity index (χ3n) is 3.19. The molecule has 0 atom stereocenters. The van der Waals surface area contributed by atoms with Crippen LogP contribution in [0.15, 0.2) is 24.0 Å². The van der Waals surface area contributed by atoms with Crippen molar-refractivity contribution in [1.29, 1.82) is 0 Å². The number of piperazine rings is 1. The summed E-state index contributed by atoms with van der Waals surface area (Å²) in [5, 5.41) is 3.87. The van der Waals surface area contributed by atoms with Crippen LogP contribution in [-0.2, 0) is 0 Å². The first kappa shape index (κ1) is 12.2. The summed E-state index contributed by atoms with van der Waals surface area (Å²) in [4.78, 5) is 4.44. The maximum absolute atomic E-state index is 5.63. The molecule has 17 heavy (non-hydrogen) atoms. The zero-order chi connectivity index (χ0) is 12.1. The maximum atomic E-state index is 5.63. The Morgan fingerprint density at radius 3 is 2.76 bits per heavy atom. The molecular weight excluding hydrogens is 232 g/mol. The van der Waals surface area contributed by atoms with Crippen molar-refractivity contribution in [2.45, 2.75) is 12.8 Å². The van der Waals surface area contributed by atoms with E-state index in [-0.39, 0.29) is 0 Å². The molecule has 2 rings (SSSR count). The Morgan fingerprint density at radius 2 is 2.06 bits per heavy atom. The first-order chi connectivity index (χ1) is 8.27. The third-order valence-corrected chi connectivity index (χ3v) is 3.45. The highest BCUT2D eigenvalue weighted by Crippen LogP contribution is 2.12. The van der Waals surface area contributed by atoms with Gasteiger partial charge in [-0.15, -0.1) is 0 Å². The lowest BCUT2D eigenvalue weighted by molar-refractivity contribution is 0.227. The van der Waals surface area contributed by atoms with E-state index in [4.69, 9.17) is 18.0 Å². The Hall–Kier alpha value is -1.23. The van der Waals surface area contributed by atoms with Gasteiger partial charge in [-0.1, -0.05) is 6.08 Å². The number of nitrogens with one attached hydrogen (secondary N) is 1. The van der Waals surface area contributed by atoms with Crippen LogP contribution in [0.25, 0.3) is 0 Å². The van der Waals surface area contributed by atoms with E-state index in [0.717, 1.165) is 39.1 Å². The van der Waals surface area contributed by atoms with E-state index >= 15 is 0 Å². The van der Waals surface area contributed by atoms with E-state index < -0.39 is 0 Å². The van der Waals surface area contributed by atoms with Crippen molar-refractivity contribution in [2.75, 3.05) is 32.7 Å². The molecule has 5 heteroatoms. The minimum atomic E-state index is 0.518. The number of nitrogens with zero attached hydrogens (tertiary/aromatic N) is 2. The molecule has 94 valence electrons. The Labute approximate surface area is 108 Å². The second kappa shape index (κ2) is 5.91. The van der Waals surface area contributed by atoms with Gasteiger partial charge in [0.15, 0.2) is 5.11 Å². The second-order valence-electron chi connectivity index (χ2n) is 4.38. The molecule has 0 aromatic carbocycles. The van der Waals surface area contributed by atoms with Crippen molar-refractivity contribution >= 4 is 17.3 Å². The molecule has 0 aromatic heterocycles. The number of hydrogen-bond acceptors (Lipinski definition) is 3. The van der Waals surface area contributed by atoms with Gasteiger partial charge in [0, 0.05) is 38.9 Å². The van der Waals surface area contributed by atoms with E-state index in [1.807, 2.05) is 0 Å². The average Bonchev–Trinajstić information content (AvgIpc) is 2.29. The molecule has 4 nitrogen and oxygen atoms in total. The number of thiocarbonyl (C=S) groups is 1. The molecule has 2 heterocycles. The second-order valence-corrected chi connectivity index (χ2v) is 4.80. The van der Waals surface area contributed by atoms with Crippen LogP contribution in [0.4, 0.5) is 0 Å². The molecule has 2 aliphatic rings. The van der Waals surface area contributed by atoms with Crippen LogP contribution in [0.2, 0.25) is 0 Å². The van der Waals surface area contributed by atoms with Crippen LogP contribution >= 0.6 is 12.2 Å². The topological polar surface area (TPSA) is 44.5 Å². The van der Waals surface area contributed by atoms with Crippen LogP contribution in [0.1, 0.15) is 12.8 Å². The van der Waals surface area contributed by atoms with Crippen LogP contribution in [-0.4, -0.2) is 47.6 Å². The first-order valence-corrected chi connectivity index (χ1v) is 6.57. The van der Waals surface area contributed by atoms with Crippen LogP contribution in [0, 0.1) is 0 Å². The molecule has 0 amide bonds. The molecule has 0 aromatic rings. The van der Waals surface area contributed by atoms with Gasteiger partial charge >= 0.3 is 0 Å². The van der Waals surface area contributed by atoms with Crippen molar-refractivity contribution in [3.63, 3.8) is 0 Å². The zero-order valence-electron chi connectivity index (χ0n) is 10.1. The third kappa shape index (κ3) is 3.36. The minimum Gasteiger partial charge on any atom is -0.389 e. The van der Waals surface area contributed by atoms with Crippen molar-refractivity contribution in [3.8, 4) is 0 Å². The SMILES string of the molecule is NC(=S)N1CCN(C2=CNCCCC=C2)CC1. The fourth-order valence-corrected chi connectivity index (χ4v) is 2.32. The standard InChI is InChI=1S/C12H20N4S/c13-12(17)16-8-6-15(7-9-16)11-4-2-1-3-5-14-10-11/h2,4,10,14H,1,3,5-9H2,(H2,13,17). The van der Waals surface area contributed by atoms with Gasteiger partial charge in [-0.05, 0) is 31.1 Å². The monoisotopic (exact) mass is 252 g/mol. The summed E-state index contributed by atoms with van der Waals surface area (Å²) in [5.74, 6) is 0. The predicted molar refractivity (Wildman–Crippen MR) is 74.4 cm³/mol. The molecule has 0 saturated carbocycles. The van der Waals surface area contributed by atoms with E-state index in [0.29, 0.717) is 5.11 Å². The fourth-order valence-electron chi connectivity index (χ4n) is 2.13. The van der Waals surface area contributed by atoms with Gasteiger partial charge < -0.3 is 20.9 Å². The van der Waals surface area contributed by atoms with E-state index in [9.17, 15) is 0 Å². The van der Waals surface area contributed by atoms with Crippen molar-refractivity contribution in [1.82, 2.24) is 15.1 Å². The summed E-state index contributed by atoms with van der Waals surface area (Å²) in [6.07, 6.45) is 8.94. The molecular formula is C12H20N4S. The molecule has 0 unspecified atom stereocenters. The predicted octanol–water partition coefficient (Wildman–Crippen LogP) is 0.629. The summed E-state index contributed by atoms with van der Waals surface area (Å²) in [6.45, 7) is 4.85. The van der Waals surface area contributed by atoms with Crippen molar-refractivity contribution in [2.24, 2.45) is 5.73 Å². The molecule has 3 N–H and O–H groups in total. The van der Waals surface area contributed by atoms with Gasteiger partial charge in [0.25, 0.3) is 0 Å². The molecule has 1 fully saturated rings. The van der Waals surface area contributed by atoms with E-state index in [2.05, 4.69) is 33.5 Å². The molecule has 0 radical (unpaired) electrons. The summed E-state index contributed by atoms with van der Waals surface area (Å²) in [5.41, 5.74) is 6.91. The van der Waals surface area contributed by atoms with Gasteiger partial charge in [-0.25, -0.2) is 0 Å². The summed E-state index contributed by atoms with van der Waals surface area (Å²) in [7, 11) is 0. The van der Waals surface area contributed by atoms with Crippen LogP contribution < -0.4 is 11.1 Å². The molecule has 0 spiro atoms. The van der Waals surface area contributed by atoms with Gasteiger partial charge in [-0.2, -0.15) is 0 Å². The normalized spacial score (nSPS) is 21.3. The van der Waals surface area contributed by atoms with Crippen molar-refractivity contribution < 1.29 is 0 Å². The molecule has 1 saturated heterocycles. The lowest BCUT2D eigenvalue weighted by atomic mass is 10.2. The Balaban J connectivity index is 1.93. The van der Waals surface area contributed by atoms with Gasteiger partial charge in [-0.3, -0.25) is 0 Å². The van der Waals surface area contributed by atoms with E-state index in [1.165, 1.54) is 12.1 Å². The van der Waals surface area contributed by atoms with Crippen molar-refractivity contribution in [3.05, 3.63) is 24.0 Å². The highest BCUT2D eigenvalue weighted by molar-refractivity contribution is 7.80. The quantitative estimate of drug-likeness (QED) is 0.670. The Kier molecular flexibility index (Phi) is 4.25. The lowest BCUT2D eigenvalue weighted by Gasteiger charge is -2.37. The summed E-state index contributed by atoms with van der Waals surface area (Å²) < 4.78 is 0. The first-order valence-electron chi connectivity index (χ1n) is 6.17. The summed E-state index contributed by atoms with van der Waals surface area (Å²) in [6, 6.07) is 0. The van der Waals surface area contributed by atoms with Crippen LogP contribution in [0.3, 0.4) is 0 Å². The molecule has 0 aliphatic carbocycles. The highest BCUT2D eigenvalue weighted by Gasteiger charge is 2.18. The van der Waals surface area contributed by atoms with E-state index in [1.54, 1.807) is 0 Å². The van der Waals surface area contributed by atoms with Crippen LogP contribution in [0.5, 0.6) is 0 Å². The number of hydrogen-bond donors (Lipinski definition) is 2. The number of allylic oxidation sites excluding steroid dienone is 2. The summed E-state index contributed by atoms with van der Waals surface area (Å²) >= 11 is 4.99.